The summed E-state index contributed by atoms with van der Waals surface area (Å²) >= 11 is 0. The lowest BCUT2D eigenvalue weighted by molar-refractivity contribution is -0.0191. The molecule has 106 valence electrons. The smallest absolute Gasteiger partial charge is 0.0874 e. The van der Waals surface area contributed by atoms with Crippen molar-refractivity contribution in [3.8, 4) is 0 Å². The minimum Gasteiger partial charge on any atom is -0.382 e. The largest absolute Gasteiger partial charge is 0.382 e. The van der Waals surface area contributed by atoms with Gasteiger partial charge in [-0.15, -0.1) is 0 Å². The van der Waals surface area contributed by atoms with Crippen molar-refractivity contribution in [1.29, 1.82) is 0 Å². The molecule has 1 saturated heterocycles. The van der Waals surface area contributed by atoms with Crippen LogP contribution in [0.2, 0.25) is 0 Å². The zero-order chi connectivity index (χ0) is 13.8. The van der Waals surface area contributed by atoms with Gasteiger partial charge < -0.3 is 10.1 Å². The molecule has 1 heterocycles. The van der Waals surface area contributed by atoms with E-state index in [1.165, 1.54) is 16.5 Å². The topological polar surface area (TPSA) is 24.5 Å². The molecule has 0 saturated carbocycles. The Kier molecular flexibility index (Phi) is 4.19. The molecule has 3 heteroatoms. The molecule has 2 aromatic rings. The molecule has 0 bridgehead atoms. The molecule has 2 aromatic carbocycles. The first-order valence-corrected chi connectivity index (χ1v) is 7.42. The van der Waals surface area contributed by atoms with Gasteiger partial charge in [-0.2, -0.15) is 0 Å². The Morgan fingerprint density at radius 1 is 1.20 bits per heavy atom. The van der Waals surface area contributed by atoms with Crippen molar-refractivity contribution in [3.05, 3.63) is 42.5 Å². The lowest BCUT2D eigenvalue weighted by Crippen LogP contribution is -2.45. The fourth-order valence-electron chi connectivity index (χ4n) is 2.79. The summed E-state index contributed by atoms with van der Waals surface area (Å²) in [6, 6.07) is 14.9. The molecular formula is C17H22N2O. The molecule has 1 aliphatic rings. The quantitative estimate of drug-likeness (QED) is 0.924. The minimum absolute atomic E-state index is 0.280. The molecule has 3 nitrogen and oxygen atoms in total. The number of ether oxygens (including phenoxy) is 1. The van der Waals surface area contributed by atoms with Crippen molar-refractivity contribution < 1.29 is 4.74 Å². The van der Waals surface area contributed by atoms with Crippen LogP contribution in [0.3, 0.4) is 0 Å². The molecule has 1 N–H and O–H groups in total. The van der Waals surface area contributed by atoms with E-state index >= 15 is 0 Å². The maximum absolute atomic E-state index is 5.84. The third-order valence-electron chi connectivity index (χ3n) is 3.98. The number of anilines is 1. The molecule has 3 rings (SSSR count). The average Bonchev–Trinajstić information content (AvgIpc) is 2.53. The summed E-state index contributed by atoms with van der Waals surface area (Å²) in [6.45, 7) is 7.10. The molecule has 1 unspecified atom stereocenters. The minimum atomic E-state index is 0.280. The summed E-state index contributed by atoms with van der Waals surface area (Å²) in [4.78, 5) is 2.44. The van der Waals surface area contributed by atoms with Gasteiger partial charge in [-0.05, 0) is 18.0 Å². The zero-order valence-electron chi connectivity index (χ0n) is 12.0. The molecule has 1 atom stereocenters. The van der Waals surface area contributed by atoms with Gasteiger partial charge in [0.1, 0.15) is 0 Å². The summed E-state index contributed by atoms with van der Waals surface area (Å²) < 4.78 is 5.84. The van der Waals surface area contributed by atoms with Gasteiger partial charge in [-0.3, -0.25) is 4.90 Å². The second-order valence-electron chi connectivity index (χ2n) is 5.29. The third-order valence-corrected chi connectivity index (χ3v) is 3.98. The first-order chi connectivity index (χ1) is 9.86. The van der Waals surface area contributed by atoms with Gasteiger partial charge >= 0.3 is 0 Å². The molecule has 0 amide bonds. The number of nitrogens with zero attached hydrogens (tertiary/aromatic N) is 1. The Hall–Kier alpha value is -1.58. The molecule has 20 heavy (non-hydrogen) atoms. The number of benzene rings is 2. The lowest BCUT2D eigenvalue weighted by Gasteiger charge is -2.32. The highest BCUT2D eigenvalue weighted by Gasteiger charge is 2.18. The van der Waals surface area contributed by atoms with Crippen LogP contribution in [-0.4, -0.2) is 43.8 Å². The monoisotopic (exact) mass is 270 g/mol. The Morgan fingerprint density at radius 2 is 2.05 bits per heavy atom. The predicted molar refractivity (Wildman–Crippen MR) is 84.3 cm³/mol. The molecule has 1 aliphatic heterocycles. The highest BCUT2D eigenvalue weighted by Crippen LogP contribution is 2.23. The van der Waals surface area contributed by atoms with Crippen LogP contribution in [0.15, 0.2) is 42.5 Å². The zero-order valence-corrected chi connectivity index (χ0v) is 12.0. The summed E-state index contributed by atoms with van der Waals surface area (Å²) in [7, 11) is 0. The third kappa shape index (κ3) is 2.94. The van der Waals surface area contributed by atoms with Crippen molar-refractivity contribution in [2.75, 3.05) is 38.1 Å². The standard InChI is InChI=1S/C17H22N2O/c1-2-19-10-11-20-15(13-19)12-18-17-9-5-7-14-6-3-4-8-16(14)17/h3-9,15,18H,2,10-13H2,1H3. The highest BCUT2D eigenvalue weighted by molar-refractivity contribution is 5.93. The van der Waals surface area contributed by atoms with Gasteiger partial charge in [0.25, 0.3) is 0 Å². The second-order valence-corrected chi connectivity index (χ2v) is 5.29. The normalized spacial score (nSPS) is 20.1. The first kappa shape index (κ1) is 13.4. The average molecular weight is 270 g/mol. The van der Waals surface area contributed by atoms with Gasteiger partial charge in [0, 0.05) is 30.7 Å². The maximum atomic E-state index is 5.84. The lowest BCUT2D eigenvalue weighted by atomic mass is 10.1. The van der Waals surface area contributed by atoms with Gasteiger partial charge in [0.15, 0.2) is 0 Å². The van der Waals surface area contributed by atoms with E-state index in [9.17, 15) is 0 Å². The van der Waals surface area contributed by atoms with Crippen molar-refractivity contribution >= 4 is 16.5 Å². The summed E-state index contributed by atoms with van der Waals surface area (Å²) in [5.74, 6) is 0. The van der Waals surface area contributed by atoms with E-state index in [0.717, 1.165) is 32.8 Å². The van der Waals surface area contributed by atoms with E-state index < -0.39 is 0 Å². The predicted octanol–water partition coefficient (Wildman–Crippen LogP) is 2.97. The van der Waals surface area contributed by atoms with Crippen LogP contribution in [0.4, 0.5) is 5.69 Å². The van der Waals surface area contributed by atoms with Gasteiger partial charge in [0.05, 0.1) is 12.7 Å². The Balaban J connectivity index is 1.68. The van der Waals surface area contributed by atoms with E-state index in [2.05, 4.69) is 59.6 Å². The van der Waals surface area contributed by atoms with E-state index in [4.69, 9.17) is 4.74 Å². The van der Waals surface area contributed by atoms with Gasteiger partial charge in [0.2, 0.25) is 0 Å². The molecule has 0 spiro atoms. The number of nitrogens with one attached hydrogen (secondary N) is 1. The summed E-state index contributed by atoms with van der Waals surface area (Å²) in [5.41, 5.74) is 1.19. The molecular weight excluding hydrogens is 248 g/mol. The van der Waals surface area contributed by atoms with Crippen LogP contribution < -0.4 is 5.32 Å². The number of rotatable bonds is 4. The van der Waals surface area contributed by atoms with Crippen LogP contribution in [0.5, 0.6) is 0 Å². The highest BCUT2D eigenvalue weighted by atomic mass is 16.5. The number of likely N-dealkylation sites (N-methyl/N-ethyl adjacent to an activating group) is 1. The Morgan fingerprint density at radius 3 is 2.95 bits per heavy atom. The molecule has 1 fully saturated rings. The van der Waals surface area contributed by atoms with E-state index in [0.29, 0.717) is 0 Å². The van der Waals surface area contributed by atoms with Crippen molar-refractivity contribution in [1.82, 2.24) is 4.90 Å². The van der Waals surface area contributed by atoms with E-state index in [1.807, 2.05) is 0 Å². The number of hydrogen-bond donors (Lipinski definition) is 1. The number of hydrogen-bond acceptors (Lipinski definition) is 3. The number of fused-ring (bicyclic) bond motifs is 1. The summed E-state index contributed by atoms with van der Waals surface area (Å²) in [5, 5.41) is 6.10. The van der Waals surface area contributed by atoms with Crippen molar-refractivity contribution in [3.63, 3.8) is 0 Å². The van der Waals surface area contributed by atoms with Crippen LogP contribution in [0.1, 0.15) is 6.92 Å². The second kappa shape index (κ2) is 6.25. The van der Waals surface area contributed by atoms with Crippen LogP contribution in [0.25, 0.3) is 10.8 Å². The molecule has 0 radical (unpaired) electrons. The van der Waals surface area contributed by atoms with Crippen molar-refractivity contribution in [2.24, 2.45) is 0 Å². The molecule has 0 aromatic heterocycles. The molecule has 0 aliphatic carbocycles. The Labute approximate surface area is 120 Å². The van der Waals surface area contributed by atoms with Crippen LogP contribution in [-0.2, 0) is 4.74 Å². The van der Waals surface area contributed by atoms with E-state index in [-0.39, 0.29) is 6.10 Å². The number of morpholine rings is 1. The van der Waals surface area contributed by atoms with Crippen LogP contribution >= 0.6 is 0 Å². The van der Waals surface area contributed by atoms with Gasteiger partial charge in [-0.25, -0.2) is 0 Å². The van der Waals surface area contributed by atoms with Crippen LogP contribution in [0, 0.1) is 0 Å². The van der Waals surface area contributed by atoms with Crippen molar-refractivity contribution in [2.45, 2.75) is 13.0 Å². The fraction of sp³-hybridized carbons (Fsp3) is 0.412. The Bertz CT molecular complexity index is 564. The SMILES string of the molecule is CCN1CCOC(CNc2cccc3ccccc23)C1. The van der Waals surface area contributed by atoms with E-state index in [1.54, 1.807) is 0 Å². The first-order valence-electron chi connectivity index (χ1n) is 7.42. The fourth-order valence-corrected chi connectivity index (χ4v) is 2.79. The van der Waals surface area contributed by atoms with Gasteiger partial charge in [-0.1, -0.05) is 43.3 Å². The maximum Gasteiger partial charge on any atom is 0.0874 e. The summed E-state index contributed by atoms with van der Waals surface area (Å²) in [6.07, 6.45) is 0.280.